The molecule has 2 aromatic rings. The number of likely N-dealkylation sites (N-methyl/N-ethyl adjacent to an activating group) is 1. The molecular weight excluding hydrogens is 353 g/mol. The maximum Gasteiger partial charge on any atom is 0.236 e. The molecule has 0 spiro atoms. The Morgan fingerprint density at radius 1 is 1.26 bits per heavy atom. The van der Waals surface area contributed by atoms with Crippen LogP contribution < -0.4 is 11.5 Å². The van der Waals surface area contributed by atoms with Gasteiger partial charge in [0.2, 0.25) is 5.91 Å². The number of carbonyl (C=O) groups excluding carboxylic acids is 1. The Balaban J connectivity index is 0.00000242. The van der Waals surface area contributed by atoms with Crippen molar-refractivity contribution in [1.29, 1.82) is 0 Å². The summed E-state index contributed by atoms with van der Waals surface area (Å²) < 4.78 is 0. The number of amides is 1. The first-order valence-electron chi connectivity index (χ1n) is 6.87. The third-order valence-electron chi connectivity index (χ3n) is 3.71. The van der Waals surface area contributed by atoms with Crippen molar-refractivity contribution in [3.8, 4) is 0 Å². The minimum absolute atomic E-state index is 0. The average molecular weight is 376 g/mol. The summed E-state index contributed by atoms with van der Waals surface area (Å²) in [6.45, 7) is 2.08. The number of thiophene rings is 1. The molecule has 0 aliphatic rings. The van der Waals surface area contributed by atoms with Gasteiger partial charge in [-0.15, -0.1) is 36.2 Å². The van der Waals surface area contributed by atoms with Crippen LogP contribution in [0.5, 0.6) is 0 Å². The molecule has 0 radical (unpaired) electrons. The number of aryl methyl sites for hydroxylation is 1. The normalized spacial score (nSPS) is 11.1. The monoisotopic (exact) mass is 375 g/mol. The molecule has 0 bridgehead atoms. The summed E-state index contributed by atoms with van der Waals surface area (Å²) >= 11 is 1.66. The van der Waals surface area contributed by atoms with E-state index in [4.69, 9.17) is 11.5 Å². The Hall–Kier alpha value is -1.27. The molecule has 0 fully saturated rings. The van der Waals surface area contributed by atoms with Gasteiger partial charge in [-0.25, -0.2) is 0 Å². The number of hydrogen-bond acceptors (Lipinski definition) is 4. The highest BCUT2D eigenvalue weighted by atomic mass is 35.5. The topological polar surface area (TPSA) is 72.3 Å². The van der Waals surface area contributed by atoms with Crippen LogP contribution in [0.1, 0.15) is 22.0 Å². The SMILES string of the molecule is Cc1ccsc1C(Cc1ccccc1N)N(C)C(=O)CN.Cl.Cl. The minimum Gasteiger partial charge on any atom is -0.399 e. The second-order valence-electron chi connectivity index (χ2n) is 5.10. The first kappa shape index (κ1) is 21.7. The van der Waals surface area contributed by atoms with Gasteiger partial charge < -0.3 is 16.4 Å². The molecule has 1 aromatic heterocycles. The number of benzene rings is 1. The molecule has 1 atom stereocenters. The van der Waals surface area contributed by atoms with Crippen LogP contribution in [-0.4, -0.2) is 24.4 Å². The van der Waals surface area contributed by atoms with Crippen LogP contribution in [0, 0.1) is 6.92 Å². The van der Waals surface area contributed by atoms with E-state index in [9.17, 15) is 4.79 Å². The predicted octanol–water partition coefficient (Wildman–Crippen LogP) is 3.18. The Kier molecular flexibility index (Phi) is 9.24. The molecule has 0 aliphatic carbocycles. The fourth-order valence-electron chi connectivity index (χ4n) is 2.38. The molecule has 4 nitrogen and oxygen atoms in total. The Morgan fingerprint density at radius 3 is 2.43 bits per heavy atom. The Bertz CT molecular complexity index is 633. The van der Waals surface area contributed by atoms with E-state index in [1.54, 1.807) is 23.3 Å². The minimum atomic E-state index is -0.0673. The molecule has 0 saturated heterocycles. The third-order valence-corrected chi connectivity index (χ3v) is 4.83. The summed E-state index contributed by atoms with van der Waals surface area (Å²) in [7, 11) is 1.80. The molecule has 2 rings (SSSR count). The zero-order chi connectivity index (χ0) is 15.4. The van der Waals surface area contributed by atoms with E-state index in [0.29, 0.717) is 6.42 Å². The largest absolute Gasteiger partial charge is 0.399 e. The van der Waals surface area contributed by atoms with E-state index in [1.165, 1.54) is 10.4 Å². The van der Waals surface area contributed by atoms with Gasteiger partial charge in [0.15, 0.2) is 0 Å². The average Bonchev–Trinajstić information content (AvgIpc) is 2.91. The van der Waals surface area contributed by atoms with Crippen LogP contribution in [0.15, 0.2) is 35.7 Å². The van der Waals surface area contributed by atoms with Gasteiger partial charge in [-0.1, -0.05) is 18.2 Å². The molecule has 1 amide bonds. The van der Waals surface area contributed by atoms with Gasteiger partial charge in [0.25, 0.3) is 0 Å². The summed E-state index contributed by atoms with van der Waals surface area (Å²) in [5.74, 6) is -0.0673. The smallest absolute Gasteiger partial charge is 0.236 e. The van der Waals surface area contributed by atoms with Crippen LogP contribution in [0.25, 0.3) is 0 Å². The first-order valence-corrected chi connectivity index (χ1v) is 7.75. The number of hydrogen-bond donors (Lipinski definition) is 2. The molecular formula is C16H23Cl2N3OS. The fourth-order valence-corrected chi connectivity index (χ4v) is 3.45. The van der Waals surface area contributed by atoms with Crippen molar-refractivity contribution in [1.82, 2.24) is 4.90 Å². The third kappa shape index (κ3) is 5.11. The molecule has 1 unspecified atom stereocenters. The van der Waals surface area contributed by atoms with E-state index in [-0.39, 0.29) is 43.3 Å². The lowest BCUT2D eigenvalue weighted by atomic mass is 10.00. The van der Waals surface area contributed by atoms with Gasteiger partial charge >= 0.3 is 0 Å². The number of para-hydroxylation sites is 1. The summed E-state index contributed by atoms with van der Waals surface area (Å²) in [5.41, 5.74) is 14.6. The summed E-state index contributed by atoms with van der Waals surface area (Å²) in [5, 5.41) is 2.05. The molecule has 1 heterocycles. The van der Waals surface area contributed by atoms with Gasteiger partial charge in [-0.05, 0) is 42.0 Å². The highest BCUT2D eigenvalue weighted by Gasteiger charge is 2.24. The van der Waals surface area contributed by atoms with Gasteiger partial charge in [0.05, 0.1) is 12.6 Å². The van der Waals surface area contributed by atoms with E-state index in [0.717, 1.165) is 11.3 Å². The standard InChI is InChI=1S/C16H21N3OS.2ClH/c1-11-7-8-21-16(11)14(19(2)15(20)10-17)9-12-5-3-4-6-13(12)18;;/h3-8,14H,9-10,17-18H2,1-2H3;2*1H. The Morgan fingerprint density at radius 2 is 1.91 bits per heavy atom. The van der Waals surface area contributed by atoms with Crippen molar-refractivity contribution in [2.75, 3.05) is 19.3 Å². The maximum atomic E-state index is 12.0. The van der Waals surface area contributed by atoms with Gasteiger partial charge in [0, 0.05) is 17.6 Å². The van der Waals surface area contributed by atoms with E-state index in [2.05, 4.69) is 13.0 Å². The lowest BCUT2D eigenvalue weighted by molar-refractivity contribution is -0.130. The van der Waals surface area contributed by atoms with Gasteiger partial charge in [-0.2, -0.15) is 0 Å². The van der Waals surface area contributed by atoms with Gasteiger partial charge in [0.1, 0.15) is 0 Å². The number of nitrogen functional groups attached to an aromatic ring is 1. The van der Waals surface area contributed by atoms with Crippen LogP contribution in [0.4, 0.5) is 5.69 Å². The predicted molar refractivity (Wildman–Crippen MR) is 103 cm³/mol. The second-order valence-corrected chi connectivity index (χ2v) is 6.04. The number of halogens is 2. The zero-order valence-electron chi connectivity index (χ0n) is 13.2. The van der Waals surface area contributed by atoms with Gasteiger partial charge in [-0.3, -0.25) is 4.79 Å². The number of nitrogens with two attached hydrogens (primary N) is 2. The fraction of sp³-hybridized carbons (Fsp3) is 0.312. The molecule has 23 heavy (non-hydrogen) atoms. The highest BCUT2D eigenvalue weighted by molar-refractivity contribution is 7.10. The molecule has 0 aliphatic heterocycles. The van der Waals surface area contributed by atoms with E-state index in [1.807, 2.05) is 29.6 Å². The van der Waals surface area contributed by atoms with Crippen molar-refractivity contribution in [3.63, 3.8) is 0 Å². The van der Waals surface area contributed by atoms with Crippen LogP contribution in [0.2, 0.25) is 0 Å². The number of rotatable bonds is 5. The summed E-state index contributed by atoms with van der Waals surface area (Å²) in [4.78, 5) is 14.9. The molecule has 1 aromatic carbocycles. The van der Waals surface area contributed by atoms with E-state index >= 15 is 0 Å². The first-order chi connectivity index (χ1) is 10.0. The molecule has 128 valence electrons. The van der Waals surface area contributed by atoms with Crippen molar-refractivity contribution in [2.45, 2.75) is 19.4 Å². The molecule has 4 N–H and O–H groups in total. The number of nitrogens with zero attached hydrogens (tertiary/aromatic N) is 1. The van der Waals surface area contributed by atoms with Crippen molar-refractivity contribution >= 4 is 47.7 Å². The quantitative estimate of drug-likeness (QED) is 0.788. The van der Waals surface area contributed by atoms with Crippen molar-refractivity contribution < 1.29 is 4.79 Å². The summed E-state index contributed by atoms with van der Waals surface area (Å²) in [6.07, 6.45) is 0.691. The maximum absolute atomic E-state index is 12.0. The summed E-state index contributed by atoms with van der Waals surface area (Å²) in [6, 6.07) is 9.81. The van der Waals surface area contributed by atoms with E-state index < -0.39 is 0 Å². The zero-order valence-corrected chi connectivity index (χ0v) is 15.6. The van der Waals surface area contributed by atoms with Crippen LogP contribution in [0.3, 0.4) is 0 Å². The van der Waals surface area contributed by atoms with Crippen LogP contribution >= 0.6 is 36.2 Å². The number of anilines is 1. The van der Waals surface area contributed by atoms with Crippen molar-refractivity contribution in [2.24, 2.45) is 5.73 Å². The van der Waals surface area contributed by atoms with Crippen molar-refractivity contribution in [3.05, 3.63) is 51.7 Å². The second kappa shape index (κ2) is 9.78. The highest BCUT2D eigenvalue weighted by Crippen LogP contribution is 2.32. The van der Waals surface area contributed by atoms with Crippen LogP contribution in [-0.2, 0) is 11.2 Å². The lowest BCUT2D eigenvalue weighted by Gasteiger charge is -2.28. The molecule has 0 saturated carbocycles. The Labute approximate surface area is 153 Å². The number of carbonyl (C=O) groups is 1. The molecule has 7 heteroatoms. The lowest BCUT2D eigenvalue weighted by Crippen LogP contribution is -2.36.